The van der Waals surface area contributed by atoms with E-state index in [0.29, 0.717) is 5.00 Å². The summed E-state index contributed by atoms with van der Waals surface area (Å²) in [6.07, 6.45) is 1.37. The van der Waals surface area contributed by atoms with Gasteiger partial charge >= 0.3 is 0 Å². The molecule has 9 heteroatoms. The predicted molar refractivity (Wildman–Crippen MR) is 62.7 cm³/mol. The van der Waals surface area contributed by atoms with Gasteiger partial charge in [0.15, 0.2) is 0 Å². The molecular formula is C6H4BrN3O2S3. The lowest BCUT2D eigenvalue weighted by Gasteiger charge is -2.00. The minimum atomic E-state index is -3.49. The first-order valence-corrected chi connectivity index (χ1v) is 7.55. The SMILES string of the molecule is O=S(=O)(Nc1cnns1)c1cc(Br)cs1. The van der Waals surface area contributed by atoms with E-state index in [9.17, 15) is 8.42 Å². The van der Waals surface area contributed by atoms with Crippen molar-refractivity contribution in [3.63, 3.8) is 0 Å². The summed E-state index contributed by atoms with van der Waals surface area (Å²) >= 11 is 5.34. The highest BCUT2D eigenvalue weighted by Gasteiger charge is 2.17. The predicted octanol–water partition coefficient (Wildman–Crippen LogP) is 2.16. The molecule has 15 heavy (non-hydrogen) atoms. The maximum atomic E-state index is 11.7. The highest BCUT2D eigenvalue weighted by molar-refractivity contribution is 9.10. The van der Waals surface area contributed by atoms with Gasteiger partial charge in [-0.3, -0.25) is 4.72 Å². The maximum Gasteiger partial charge on any atom is 0.272 e. The Kier molecular flexibility index (Phi) is 3.05. The summed E-state index contributed by atoms with van der Waals surface area (Å²) < 4.78 is 30.4. The number of anilines is 1. The van der Waals surface area contributed by atoms with E-state index in [1.54, 1.807) is 11.4 Å². The molecule has 2 rings (SSSR count). The second-order valence-corrected chi connectivity index (χ2v) is 6.99. The number of sulfonamides is 1. The first kappa shape index (κ1) is 11.0. The van der Waals surface area contributed by atoms with Gasteiger partial charge in [0, 0.05) is 21.4 Å². The van der Waals surface area contributed by atoms with Crippen LogP contribution in [0.3, 0.4) is 0 Å². The Hall–Kier alpha value is -0.510. The fourth-order valence-corrected chi connectivity index (χ4v) is 4.37. The highest BCUT2D eigenvalue weighted by Crippen LogP contribution is 2.26. The zero-order chi connectivity index (χ0) is 10.9. The van der Waals surface area contributed by atoms with Crippen molar-refractivity contribution in [3.8, 4) is 0 Å². The Morgan fingerprint density at radius 2 is 2.27 bits per heavy atom. The van der Waals surface area contributed by atoms with Gasteiger partial charge in [0.25, 0.3) is 10.0 Å². The van der Waals surface area contributed by atoms with Gasteiger partial charge in [0.1, 0.15) is 9.21 Å². The number of nitrogens with zero attached hydrogens (tertiary/aromatic N) is 2. The molecule has 80 valence electrons. The van der Waals surface area contributed by atoms with Crippen LogP contribution >= 0.6 is 38.8 Å². The zero-order valence-corrected chi connectivity index (χ0v) is 11.1. The Bertz CT molecular complexity index is 548. The zero-order valence-electron chi connectivity index (χ0n) is 7.05. The van der Waals surface area contributed by atoms with Gasteiger partial charge in [0.05, 0.1) is 6.20 Å². The largest absolute Gasteiger partial charge is 0.272 e. The number of thiophene rings is 1. The molecule has 0 unspecified atom stereocenters. The minimum Gasteiger partial charge on any atom is -0.267 e. The molecule has 0 fully saturated rings. The molecule has 0 radical (unpaired) electrons. The molecule has 0 aliphatic heterocycles. The fraction of sp³-hybridized carbons (Fsp3) is 0. The molecule has 2 aromatic rings. The van der Waals surface area contributed by atoms with Crippen LogP contribution in [0.15, 0.2) is 26.3 Å². The van der Waals surface area contributed by atoms with Gasteiger partial charge in [-0.1, -0.05) is 4.49 Å². The quantitative estimate of drug-likeness (QED) is 0.938. The van der Waals surface area contributed by atoms with Crippen LogP contribution in [0.25, 0.3) is 0 Å². The van der Waals surface area contributed by atoms with Gasteiger partial charge in [-0.05, 0) is 22.0 Å². The summed E-state index contributed by atoms with van der Waals surface area (Å²) in [5, 5.41) is 5.65. The summed E-state index contributed by atoms with van der Waals surface area (Å²) in [7, 11) is -3.49. The number of hydrogen-bond acceptors (Lipinski definition) is 6. The minimum absolute atomic E-state index is 0.253. The lowest BCUT2D eigenvalue weighted by atomic mass is 10.7. The van der Waals surface area contributed by atoms with Crippen molar-refractivity contribution in [2.75, 3.05) is 4.72 Å². The third kappa shape index (κ3) is 2.54. The van der Waals surface area contributed by atoms with Gasteiger partial charge in [0.2, 0.25) is 0 Å². The van der Waals surface area contributed by atoms with Crippen LogP contribution < -0.4 is 4.72 Å². The summed E-state index contributed by atoms with van der Waals surface area (Å²) in [4.78, 5) is 0. The molecule has 0 atom stereocenters. The Morgan fingerprint density at radius 3 is 2.80 bits per heavy atom. The van der Waals surface area contributed by atoms with E-state index >= 15 is 0 Å². The van der Waals surface area contributed by atoms with Gasteiger partial charge in [-0.15, -0.1) is 16.4 Å². The maximum absolute atomic E-state index is 11.7. The molecule has 5 nitrogen and oxygen atoms in total. The smallest absolute Gasteiger partial charge is 0.267 e. The van der Waals surface area contributed by atoms with Crippen LogP contribution in [0.1, 0.15) is 0 Å². The molecule has 0 saturated carbocycles. The third-order valence-electron chi connectivity index (χ3n) is 1.40. The first-order valence-electron chi connectivity index (χ1n) is 3.62. The topological polar surface area (TPSA) is 72.0 Å². The number of nitrogens with one attached hydrogen (secondary N) is 1. The molecule has 2 aromatic heterocycles. The molecule has 0 aromatic carbocycles. The number of hydrogen-bond donors (Lipinski definition) is 1. The lowest BCUT2D eigenvalue weighted by Crippen LogP contribution is -2.10. The Labute approximate surface area is 102 Å². The molecule has 0 spiro atoms. The molecule has 0 aliphatic rings. The van der Waals surface area contributed by atoms with Crippen molar-refractivity contribution in [2.45, 2.75) is 4.21 Å². The lowest BCUT2D eigenvalue weighted by molar-refractivity contribution is 0.603. The monoisotopic (exact) mass is 325 g/mol. The van der Waals surface area contributed by atoms with Crippen LogP contribution in [0, 0.1) is 0 Å². The molecule has 0 bridgehead atoms. The van der Waals surface area contributed by atoms with Crippen LogP contribution in [0.4, 0.5) is 5.00 Å². The van der Waals surface area contributed by atoms with Crippen molar-refractivity contribution in [1.82, 2.24) is 9.59 Å². The van der Waals surface area contributed by atoms with Crippen molar-refractivity contribution in [3.05, 3.63) is 22.1 Å². The second-order valence-electron chi connectivity index (χ2n) is 2.47. The van der Waals surface area contributed by atoms with Crippen LogP contribution in [0.2, 0.25) is 0 Å². The Morgan fingerprint density at radius 1 is 1.47 bits per heavy atom. The van der Waals surface area contributed by atoms with Crippen molar-refractivity contribution >= 4 is 53.8 Å². The van der Waals surface area contributed by atoms with E-state index in [0.717, 1.165) is 27.3 Å². The summed E-state index contributed by atoms with van der Waals surface area (Å²) in [6.45, 7) is 0. The van der Waals surface area contributed by atoms with Crippen LogP contribution in [-0.2, 0) is 10.0 Å². The van der Waals surface area contributed by atoms with E-state index in [4.69, 9.17) is 0 Å². The number of rotatable bonds is 3. The van der Waals surface area contributed by atoms with E-state index in [1.807, 2.05) is 0 Å². The molecule has 1 N–H and O–H groups in total. The molecular weight excluding hydrogens is 322 g/mol. The van der Waals surface area contributed by atoms with E-state index in [1.165, 1.54) is 6.20 Å². The second kappa shape index (κ2) is 4.16. The molecule has 2 heterocycles. The fourth-order valence-electron chi connectivity index (χ4n) is 0.831. The molecule has 0 saturated heterocycles. The van der Waals surface area contributed by atoms with Crippen LogP contribution in [0.5, 0.6) is 0 Å². The van der Waals surface area contributed by atoms with Gasteiger partial charge in [-0.25, -0.2) is 8.42 Å². The highest BCUT2D eigenvalue weighted by atomic mass is 79.9. The van der Waals surface area contributed by atoms with Crippen molar-refractivity contribution < 1.29 is 8.42 Å². The summed E-state index contributed by atoms with van der Waals surface area (Å²) in [5.41, 5.74) is 0. The third-order valence-corrected chi connectivity index (χ3v) is 5.68. The summed E-state index contributed by atoms with van der Waals surface area (Å²) in [6, 6.07) is 1.54. The van der Waals surface area contributed by atoms with E-state index in [-0.39, 0.29) is 4.21 Å². The van der Waals surface area contributed by atoms with E-state index < -0.39 is 10.0 Å². The number of aromatic nitrogens is 2. The average Bonchev–Trinajstić information content (AvgIpc) is 2.75. The molecule has 0 aliphatic carbocycles. The van der Waals surface area contributed by atoms with Crippen molar-refractivity contribution in [2.24, 2.45) is 0 Å². The standard InChI is InChI=1S/C6H4BrN3O2S3/c7-4-1-6(13-3-4)15(11,12)9-5-2-8-10-14-5/h1-3,9H. The van der Waals surface area contributed by atoms with Gasteiger partial charge < -0.3 is 0 Å². The Balaban J connectivity index is 2.28. The van der Waals surface area contributed by atoms with Crippen molar-refractivity contribution in [1.29, 1.82) is 0 Å². The average molecular weight is 326 g/mol. The summed E-state index contributed by atoms with van der Waals surface area (Å²) in [5.74, 6) is 0. The van der Waals surface area contributed by atoms with Gasteiger partial charge in [-0.2, -0.15) is 0 Å². The molecule has 0 amide bonds. The normalized spacial score (nSPS) is 11.5. The van der Waals surface area contributed by atoms with Crippen LogP contribution in [-0.4, -0.2) is 18.0 Å². The van der Waals surface area contributed by atoms with E-state index in [2.05, 4.69) is 30.2 Å². The number of halogens is 1. The first-order chi connectivity index (χ1) is 7.08.